The van der Waals surface area contributed by atoms with E-state index in [1.807, 2.05) is 11.6 Å². The SMILES string of the molecule is CCCC(OCC)C(NN)c1c(Br)cnn1CCOC. The minimum Gasteiger partial charge on any atom is -0.383 e. The summed E-state index contributed by atoms with van der Waals surface area (Å²) in [6.07, 6.45) is 3.77. The summed E-state index contributed by atoms with van der Waals surface area (Å²) in [5, 5.41) is 4.36. The second-order valence-electron chi connectivity index (χ2n) is 4.52. The van der Waals surface area contributed by atoms with Crippen LogP contribution in [0.2, 0.25) is 0 Å². The molecule has 6 nitrogen and oxygen atoms in total. The third kappa shape index (κ3) is 4.53. The molecule has 1 rings (SSSR count). The minimum atomic E-state index is -0.108. The van der Waals surface area contributed by atoms with Gasteiger partial charge >= 0.3 is 0 Å². The third-order valence-electron chi connectivity index (χ3n) is 3.14. The number of nitrogens with two attached hydrogens (primary N) is 1. The Kier molecular flexibility index (Phi) is 8.32. The van der Waals surface area contributed by atoms with E-state index in [2.05, 4.69) is 33.4 Å². The van der Waals surface area contributed by atoms with Gasteiger partial charge in [0.15, 0.2) is 0 Å². The Labute approximate surface area is 129 Å². The van der Waals surface area contributed by atoms with Gasteiger partial charge in [-0.05, 0) is 29.3 Å². The highest BCUT2D eigenvalue weighted by atomic mass is 79.9. The molecular formula is C13H25BrN4O2. The topological polar surface area (TPSA) is 74.3 Å². The lowest BCUT2D eigenvalue weighted by molar-refractivity contribution is 0.0248. The number of methoxy groups -OCH3 is 1. The predicted molar refractivity (Wildman–Crippen MR) is 82.2 cm³/mol. The molecule has 0 saturated carbocycles. The Bertz CT molecular complexity index is 380. The van der Waals surface area contributed by atoms with Gasteiger partial charge in [-0.25, -0.2) is 5.43 Å². The maximum atomic E-state index is 5.84. The average Bonchev–Trinajstić information content (AvgIpc) is 2.80. The van der Waals surface area contributed by atoms with Gasteiger partial charge in [-0.2, -0.15) is 5.10 Å². The van der Waals surface area contributed by atoms with Gasteiger partial charge in [0.1, 0.15) is 0 Å². The van der Waals surface area contributed by atoms with Crippen molar-refractivity contribution in [3.63, 3.8) is 0 Å². The van der Waals surface area contributed by atoms with E-state index in [1.165, 1.54) is 0 Å². The molecule has 20 heavy (non-hydrogen) atoms. The monoisotopic (exact) mass is 348 g/mol. The third-order valence-corrected chi connectivity index (χ3v) is 3.75. The van der Waals surface area contributed by atoms with Crippen molar-refractivity contribution in [3.8, 4) is 0 Å². The zero-order valence-electron chi connectivity index (χ0n) is 12.4. The van der Waals surface area contributed by atoms with Gasteiger partial charge in [0.2, 0.25) is 0 Å². The Morgan fingerprint density at radius 2 is 2.25 bits per heavy atom. The molecule has 2 unspecified atom stereocenters. The van der Waals surface area contributed by atoms with Crippen LogP contribution >= 0.6 is 15.9 Å². The molecule has 1 heterocycles. The van der Waals surface area contributed by atoms with Crippen LogP contribution in [0, 0.1) is 0 Å². The number of hydrogen-bond acceptors (Lipinski definition) is 5. The molecular weight excluding hydrogens is 324 g/mol. The Morgan fingerprint density at radius 1 is 1.50 bits per heavy atom. The fourth-order valence-electron chi connectivity index (χ4n) is 2.24. The fraction of sp³-hybridized carbons (Fsp3) is 0.769. The van der Waals surface area contributed by atoms with Gasteiger partial charge in [0.05, 0.1) is 41.7 Å². The van der Waals surface area contributed by atoms with E-state index in [0.717, 1.165) is 23.0 Å². The fourth-order valence-corrected chi connectivity index (χ4v) is 2.79. The zero-order chi connectivity index (χ0) is 15.0. The van der Waals surface area contributed by atoms with E-state index in [1.54, 1.807) is 13.3 Å². The number of rotatable bonds is 10. The standard InChI is InChI=1S/C13H25BrN4O2/c1-4-6-11(20-5-2)12(17-15)13-10(14)9-16-18(13)7-8-19-3/h9,11-12,17H,4-8,15H2,1-3H3. The highest BCUT2D eigenvalue weighted by molar-refractivity contribution is 9.10. The second kappa shape index (κ2) is 9.46. The van der Waals surface area contributed by atoms with Crippen LogP contribution in [0.1, 0.15) is 38.4 Å². The summed E-state index contributed by atoms with van der Waals surface area (Å²) in [6.45, 7) is 6.07. The van der Waals surface area contributed by atoms with Crippen LogP contribution in [-0.2, 0) is 16.0 Å². The van der Waals surface area contributed by atoms with Gasteiger partial charge in [0, 0.05) is 13.7 Å². The zero-order valence-corrected chi connectivity index (χ0v) is 14.0. The molecule has 0 aliphatic heterocycles. The summed E-state index contributed by atoms with van der Waals surface area (Å²) >= 11 is 3.55. The molecule has 0 spiro atoms. The average molecular weight is 349 g/mol. The molecule has 0 aromatic carbocycles. The number of halogens is 1. The van der Waals surface area contributed by atoms with E-state index in [4.69, 9.17) is 15.3 Å². The van der Waals surface area contributed by atoms with Crippen molar-refractivity contribution in [3.05, 3.63) is 16.4 Å². The van der Waals surface area contributed by atoms with Crippen molar-refractivity contribution < 1.29 is 9.47 Å². The smallest absolute Gasteiger partial charge is 0.0901 e. The Hall–Kier alpha value is -0.470. The number of ether oxygens (including phenoxy) is 2. The van der Waals surface area contributed by atoms with Crippen molar-refractivity contribution in [2.45, 2.75) is 45.4 Å². The van der Waals surface area contributed by atoms with Crippen molar-refractivity contribution >= 4 is 15.9 Å². The first-order valence-electron chi connectivity index (χ1n) is 6.97. The molecule has 0 amide bonds. The summed E-state index contributed by atoms with van der Waals surface area (Å²) in [5.41, 5.74) is 3.87. The van der Waals surface area contributed by atoms with Crippen LogP contribution in [0.3, 0.4) is 0 Å². The van der Waals surface area contributed by atoms with Crippen LogP contribution in [0.5, 0.6) is 0 Å². The van der Waals surface area contributed by atoms with Gasteiger partial charge in [-0.15, -0.1) is 0 Å². The Morgan fingerprint density at radius 3 is 2.80 bits per heavy atom. The van der Waals surface area contributed by atoms with Crippen molar-refractivity contribution in [1.82, 2.24) is 15.2 Å². The molecule has 0 fully saturated rings. The molecule has 0 aliphatic rings. The van der Waals surface area contributed by atoms with Crippen molar-refractivity contribution in [1.29, 1.82) is 0 Å². The van der Waals surface area contributed by atoms with Gasteiger partial charge in [-0.3, -0.25) is 10.5 Å². The summed E-state index contributed by atoms with van der Waals surface area (Å²) < 4.78 is 13.8. The largest absolute Gasteiger partial charge is 0.383 e. The first-order valence-corrected chi connectivity index (χ1v) is 7.76. The van der Waals surface area contributed by atoms with E-state index in [-0.39, 0.29) is 12.1 Å². The molecule has 116 valence electrons. The maximum absolute atomic E-state index is 5.84. The lowest BCUT2D eigenvalue weighted by Crippen LogP contribution is -2.39. The summed E-state index contributed by atoms with van der Waals surface area (Å²) in [4.78, 5) is 0. The molecule has 7 heteroatoms. The lowest BCUT2D eigenvalue weighted by atomic mass is 10.0. The number of aromatic nitrogens is 2. The molecule has 0 saturated heterocycles. The van der Waals surface area contributed by atoms with Crippen LogP contribution in [0.15, 0.2) is 10.7 Å². The maximum Gasteiger partial charge on any atom is 0.0901 e. The van der Waals surface area contributed by atoms with E-state index in [0.29, 0.717) is 19.8 Å². The summed E-state index contributed by atoms with van der Waals surface area (Å²) in [6, 6.07) is -0.108. The van der Waals surface area contributed by atoms with Crippen LogP contribution in [0.4, 0.5) is 0 Å². The number of nitrogens with zero attached hydrogens (tertiary/aromatic N) is 2. The summed E-state index contributed by atoms with van der Waals surface area (Å²) in [7, 11) is 1.68. The van der Waals surface area contributed by atoms with E-state index >= 15 is 0 Å². The lowest BCUT2D eigenvalue weighted by Gasteiger charge is -2.27. The van der Waals surface area contributed by atoms with E-state index < -0.39 is 0 Å². The first-order chi connectivity index (χ1) is 9.69. The predicted octanol–water partition coefficient (Wildman–Crippen LogP) is 2.00. The van der Waals surface area contributed by atoms with Crippen molar-refractivity contribution in [2.75, 3.05) is 20.3 Å². The van der Waals surface area contributed by atoms with E-state index in [9.17, 15) is 0 Å². The number of hydrogen-bond donors (Lipinski definition) is 2. The molecule has 1 aromatic heterocycles. The molecule has 1 aromatic rings. The molecule has 0 bridgehead atoms. The quantitative estimate of drug-likeness (QED) is 0.499. The number of hydrazine groups is 1. The normalized spacial score (nSPS) is 14.4. The van der Waals surface area contributed by atoms with Gasteiger partial charge in [0.25, 0.3) is 0 Å². The Balaban J connectivity index is 2.99. The molecule has 2 atom stereocenters. The number of nitrogens with one attached hydrogen (secondary N) is 1. The second-order valence-corrected chi connectivity index (χ2v) is 5.37. The summed E-state index contributed by atoms with van der Waals surface area (Å²) in [5.74, 6) is 5.77. The van der Waals surface area contributed by atoms with Crippen molar-refractivity contribution in [2.24, 2.45) is 5.84 Å². The minimum absolute atomic E-state index is 0.0179. The first kappa shape index (κ1) is 17.6. The van der Waals surface area contributed by atoms with Crippen LogP contribution in [0.25, 0.3) is 0 Å². The molecule has 0 aliphatic carbocycles. The van der Waals surface area contributed by atoms with Gasteiger partial charge < -0.3 is 9.47 Å². The van der Waals surface area contributed by atoms with Crippen LogP contribution in [-0.4, -0.2) is 36.2 Å². The molecule has 3 N–H and O–H groups in total. The highest BCUT2D eigenvalue weighted by Gasteiger charge is 2.27. The van der Waals surface area contributed by atoms with Crippen LogP contribution < -0.4 is 11.3 Å². The highest BCUT2D eigenvalue weighted by Crippen LogP contribution is 2.28. The molecule has 0 radical (unpaired) electrons. The van der Waals surface area contributed by atoms with Gasteiger partial charge in [-0.1, -0.05) is 13.3 Å².